The van der Waals surface area contributed by atoms with Crippen molar-refractivity contribution in [3.05, 3.63) is 28.7 Å². The van der Waals surface area contributed by atoms with Crippen LogP contribution in [-0.2, 0) is 25.6 Å². The van der Waals surface area contributed by atoms with Gasteiger partial charge in [0.2, 0.25) is 0 Å². The number of ether oxygens (including phenoxy) is 2. The molecule has 24 heavy (non-hydrogen) atoms. The van der Waals surface area contributed by atoms with E-state index in [4.69, 9.17) is 4.74 Å². The van der Waals surface area contributed by atoms with E-state index in [9.17, 15) is 14.4 Å². The number of hydrogen-bond donors (Lipinski definition) is 1. The average Bonchev–Trinajstić information content (AvgIpc) is 2.96. The molecule has 3 amide bonds. The van der Waals surface area contributed by atoms with Crippen LogP contribution >= 0.6 is 0 Å². The SMILES string of the molecule is COCCn1c(C)cc(/C=C2/NC(=O)N(CC(=O)OC)C2=O)c1C. The molecule has 1 aromatic heterocycles. The summed E-state index contributed by atoms with van der Waals surface area (Å²) in [5.41, 5.74) is 2.95. The number of aromatic nitrogens is 1. The van der Waals surface area contributed by atoms with Gasteiger partial charge in [0.1, 0.15) is 12.2 Å². The van der Waals surface area contributed by atoms with Gasteiger partial charge in [-0.05, 0) is 31.6 Å². The van der Waals surface area contributed by atoms with Gasteiger partial charge in [0.05, 0.1) is 13.7 Å². The maximum absolute atomic E-state index is 12.3. The third-order valence-electron chi connectivity index (χ3n) is 3.91. The van der Waals surface area contributed by atoms with Gasteiger partial charge in [-0.1, -0.05) is 0 Å². The quantitative estimate of drug-likeness (QED) is 0.472. The fourth-order valence-corrected chi connectivity index (χ4v) is 2.56. The van der Waals surface area contributed by atoms with Crippen LogP contribution in [0.25, 0.3) is 6.08 Å². The lowest BCUT2D eigenvalue weighted by Gasteiger charge is -2.09. The van der Waals surface area contributed by atoms with Crippen LogP contribution in [0.1, 0.15) is 17.0 Å². The summed E-state index contributed by atoms with van der Waals surface area (Å²) < 4.78 is 11.7. The molecule has 0 saturated carbocycles. The Morgan fingerprint density at radius 1 is 1.29 bits per heavy atom. The molecule has 8 nitrogen and oxygen atoms in total. The predicted octanol–water partition coefficient (Wildman–Crippen LogP) is 0.817. The number of carbonyl (C=O) groups excluding carboxylic acids is 3. The standard InChI is InChI=1S/C16H21N3O5/c1-10-7-12(11(2)18(10)5-6-23-3)8-13-15(21)19(16(22)17-13)9-14(20)24-4/h7-8H,5-6,9H2,1-4H3,(H,17,22)/b13-8+. The number of nitrogens with zero attached hydrogens (tertiary/aromatic N) is 2. The van der Waals surface area contributed by atoms with E-state index >= 15 is 0 Å². The van der Waals surface area contributed by atoms with Gasteiger partial charge in [0, 0.05) is 25.0 Å². The largest absolute Gasteiger partial charge is 0.468 e. The molecule has 2 rings (SSSR count). The van der Waals surface area contributed by atoms with Gasteiger partial charge in [-0.3, -0.25) is 9.59 Å². The Labute approximate surface area is 140 Å². The minimum atomic E-state index is -0.655. The van der Waals surface area contributed by atoms with Gasteiger partial charge in [0.15, 0.2) is 0 Å². The molecule has 8 heteroatoms. The molecule has 1 aliphatic rings. The lowest BCUT2D eigenvalue weighted by molar-refractivity contribution is -0.143. The maximum Gasteiger partial charge on any atom is 0.329 e. The molecule has 0 radical (unpaired) electrons. The third kappa shape index (κ3) is 3.48. The highest BCUT2D eigenvalue weighted by atomic mass is 16.5. The number of imide groups is 1. The third-order valence-corrected chi connectivity index (χ3v) is 3.91. The van der Waals surface area contributed by atoms with E-state index in [-0.39, 0.29) is 5.70 Å². The van der Waals surface area contributed by atoms with Gasteiger partial charge in [-0.25, -0.2) is 9.69 Å². The summed E-state index contributed by atoms with van der Waals surface area (Å²) in [6, 6.07) is 1.30. The molecular formula is C16H21N3O5. The second kappa shape index (κ2) is 7.31. The number of aryl methyl sites for hydroxylation is 1. The van der Waals surface area contributed by atoms with Crippen molar-refractivity contribution >= 4 is 24.0 Å². The summed E-state index contributed by atoms with van der Waals surface area (Å²) in [6.45, 7) is 4.76. The van der Waals surface area contributed by atoms with Crippen LogP contribution in [0, 0.1) is 13.8 Å². The van der Waals surface area contributed by atoms with E-state index in [1.54, 1.807) is 13.2 Å². The lowest BCUT2D eigenvalue weighted by Crippen LogP contribution is -2.36. The molecule has 0 bridgehead atoms. The molecule has 0 aromatic carbocycles. The van der Waals surface area contributed by atoms with E-state index in [2.05, 4.69) is 14.6 Å². The van der Waals surface area contributed by atoms with Crippen molar-refractivity contribution < 1.29 is 23.9 Å². The van der Waals surface area contributed by atoms with Crippen LogP contribution in [0.2, 0.25) is 0 Å². The maximum atomic E-state index is 12.3. The molecule has 0 spiro atoms. The smallest absolute Gasteiger partial charge is 0.329 e. The molecular weight excluding hydrogens is 314 g/mol. The highest BCUT2D eigenvalue weighted by Crippen LogP contribution is 2.20. The monoisotopic (exact) mass is 335 g/mol. The molecule has 1 aromatic rings. The van der Waals surface area contributed by atoms with Crippen LogP contribution in [0.5, 0.6) is 0 Å². The second-order valence-electron chi connectivity index (χ2n) is 5.43. The number of urea groups is 1. The van der Waals surface area contributed by atoms with Crippen LogP contribution in [0.4, 0.5) is 4.79 Å². The number of hydrogen-bond acceptors (Lipinski definition) is 5. The van der Waals surface area contributed by atoms with Crippen molar-refractivity contribution in [1.82, 2.24) is 14.8 Å². The number of rotatable bonds is 6. The number of carbonyl (C=O) groups is 3. The van der Waals surface area contributed by atoms with E-state index in [1.807, 2.05) is 19.9 Å². The topological polar surface area (TPSA) is 89.9 Å². The first-order valence-corrected chi connectivity index (χ1v) is 7.46. The Morgan fingerprint density at radius 2 is 2.00 bits per heavy atom. The first-order chi connectivity index (χ1) is 11.4. The fourth-order valence-electron chi connectivity index (χ4n) is 2.56. The highest BCUT2D eigenvalue weighted by molar-refractivity contribution is 6.15. The molecule has 1 saturated heterocycles. The van der Waals surface area contributed by atoms with Crippen LogP contribution < -0.4 is 5.32 Å². The summed E-state index contributed by atoms with van der Waals surface area (Å²) in [5, 5.41) is 2.49. The zero-order chi connectivity index (χ0) is 17.9. The van der Waals surface area contributed by atoms with Crippen LogP contribution in [0.15, 0.2) is 11.8 Å². The number of methoxy groups -OCH3 is 2. The molecule has 1 aliphatic heterocycles. The van der Waals surface area contributed by atoms with Crippen LogP contribution in [-0.4, -0.2) is 54.7 Å². The minimum absolute atomic E-state index is 0.135. The molecule has 0 unspecified atom stereocenters. The molecule has 2 heterocycles. The Balaban J connectivity index is 2.24. The summed E-state index contributed by atoms with van der Waals surface area (Å²) in [4.78, 5) is 36.3. The molecule has 1 N–H and O–H groups in total. The van der Waals surface area contributed by atoms with Gasteiger partial charge >= 0.3 is 12.0 Å². The van der Waals surface area contributed by atoms with Gasteiger partial charge in [0.25, 0.3) is 5.91 Å². The van der Waals surface area contributed by atoms with Crippen molar-refractivity contribution in [1.29, 1.82) is 0 Å². The number of nitrogens with one attached hydrogen (secondary N) is 1. The molecule has 0 aliphatic carbocycles. The number of amides is 3. The highest BCUT2D eigenvalue weighted by Gasteiger charge is 2.35. The Bertz CT molecular complexity index is 705. The van der Waals surface area contributed by atoms with Gasteiger partial charge in [-0.15, -0.1) is 0 Å². The predicted molar refractivity (Wildman–Crippen MR) is 86.0 cm³/mol. The van der Waals surface area contributed by atoms with E-state index in [1.165, 1.54) is 7.11 Å². The van der Waals surface area contributed by atoms with Crippen molar-refractivity contribution in [2.24, 2.45) is 0 Å². The summed E-state index contributed by atoms with van der Waals surface area (Å²) in [5.74, 6) is -1.20. The normalized spacial score (nSPS) is 16.0. The van der Waals surface area contributed by atoms with Crippen molar-refractivity contribution in [3.63, 3.8) is 0 Å². The van der Waals surface area contributed by atoms with E-state index in [0.29, 0.717) is 13.2 Å². The Morgan fingerprint density at radius 3 is 2.62 bits per heavy atom. The number of esters is 1. The Hall–Kier alpha value is -2.61. The summed E-state index contributed by atoms with van der Waals surface area (Å²) in [7, 11) is 2.84. The van der Waals surface area contributed by atoms with Crippen molar-refractivity contribution in [3.8, 4) is 0 Å². The van der Waals surface area contributed by atoms with Crippen molar-refractivity contribution in [2.45, 2.75) is 20.4 Å². The Kier molecular flexibility index (Phi) is 5.40. The van der Waals surface area contributed by atoms with Gasteiger partial charge in [-0.2, -0.15) is 0 Å². The molecule has 1 fully saturated rings. The average molecular weight is 335 g/mol. The first-order valence-electron chi connectivity index (χ1n) is 7.46. The summed E-state index contributed by atoms with van der Waals surface area (Å²) >= 11 is 0. The van der Waals surface area contributed by atoms with Crippen LogP contribution in [0.3, 0.4) is 0 Å². The zero-order valence-corrected chi connectivity index (χ0v) is 14.2. The molecule has 130 valence electrons. The summed E-state index contributed by atoms with van der Waals surface area (Å²) in [6.07, 6.45) is 1.61. The zero-order valence-electron chi connectivity index (χ0n) is 14.2. The van der Waals surface area contributed by atoms with E-state index in [0.717, 1.165) is 21.9 Å². The molecule has 0 atom stereocenters. The van der Waals surface area contributed by atoms with E-state index < -0.39 is 24.5 Å². The van der Waals surface area contributed by atoms with Crippen molar-refractivity contribution in [2.75, 3.05) is 27.4 Å². The fraction of sp³-hybridized carbons (Fsp3) is 0.438. The minimum Gasteiger partial charge on any atom is -0.468 e. The first kappa shape index (κ1) is 17.7. The van der Waals surface area contributed by atoms with Gasteiger partial charge < -0.3 is 19.4 Å². The second-order valence-corrected chi connectivity index (χ2v) is 5.43. The lowest BCUT2D eigenvalue weighted by atomic mass is 10.2.